The molecule has 0 aromatic carbocycles. The minimum atomic E-state index is -0.632. The van der Waals surface area contributed by atoms with Crippen molar-refractivity contribution < 1.29 is 9.59 Å². The van der Waals surface area contributed by atoms with Gasteiger partial charge in [-0.3, -0.25) is 14.5 Å². The van der Waals surface area contributed by atoms with Gasteiger partial charge in [0.05, 0.1) is 12.0 Å². The highest BCUT2D eigenvalue weighted by Crippen LogP contribution is 2.32. The number of imide groups is 1. The fourth-order valence-electron chi connectivity index (χ4n) is 2.06. The number of aryl methyl sites for hydroxylation is 1. The van der Waals surface area contributed by atoms with E-state index in [2.05, 4.69) is 9.97 Å². The maximum absolute atomic E-state index is 12.0. The van der Waals surface area contributed by atoms with Crippen LogP contribution in [0, 0.1) is 12.3 Å². The molecule has 96 valence electrons. The summed E-state index contributed by atoms with van der Waals surface area (Å²) >= 11 is 0. The van der Waals surface area contributed by atoms with E-state index in [4.69, 9.17) is 5.73 Å². The highest BCUT2D eigenvalue weighted by Gasteiger charge is 2.44. The van der Waals surface area contributed by atoms with Gasteiger partial charge in [-0.05, 0) is 6.92 Å². The Balaban J connectivity index is 2.24. The average Bonchev–Trinajstić information content (AvgIpc) is 2.39. The second kappa shape index (κ2) is 4.04. The van der Waals surface area contributed by atoms with E-state index in [1.165, 1.54) is 4.90 Å². The molecule has 0 spiro atoms. The first-order chi connectivity index (χ1) is 8.29. The number of likely N-dealkylation sites (tertiary alicyclic amines) is 1. The van der Waals surface area contributed by atoms with Crippen LogP contribution in [0.25, 0.3) is 0 Å². The molecule has 1 fully saturated rings. The van der Waals surface area contributed by atoms with Crippen LogP contribution in [0.5, 0.6) is 0 Å². The molecular formula is C12H16N4O2. The Kier molecular flexibility index (Phi) is 2.80. The van der Waals surface area contributed by atoms with Crippen molar-refractivity contribution >= 4 is 17.6 Å². The van der Waals surface area contributed by atoms with Crippen LogP contribution in [0.4, 0.5) is 5.82 Å². The lowest BCUT2D eigenvalue weighted by Crippen LogP contribution is -2.33. The quantitative estimate of drug-likeness (QED) is 0.776. The summed E-state index contributed by atoms with van der Waals surface area (Å²) < 4.78 is 0. The van der Waals surface area contributed by atoms with Crippen LogP contribution in [0.2, 0.25) is 0 Å². The second-order valence-corrected chi connectivity index (χ2v) is 5.20. The zero-order valence-electron chi connectivity index (χ0n) is 10.7. The van der Waals surface area contributed by atoms with E-state index >= 15 is 0 Å². The monoisotopic (exact) mass is 248 g/mol. The van der Waals surface area contributed by atoms with Gasteiger partial charge in [-0.2, -0.15) is 0 Å². The van der Waals surface area contributed by atoms with Gasteiger partial charge in [0.2, 0.25) is 11.8 Å². The minimum Gasteiger partial charge on any atom is -0.384 e. The van der Waals surface area contributed by atoms with Crippen molar-refractivity contribution in [1.82, 2.24) is 14.9 Å². The lowest BCUT2D eigenvalue weighted by Gasteiger charge is -2.17. The van der Waals surface area contributed by atoms with Gasteiger partial charge in [-0.1, -0.05) is 13.8 Å². The smallest absolute Gasteiger partial charge is 0.235 e. The summed E-state index contributed by atoms with van der Waals surface area (Å²) in [7, 11) is 0. The van der Waals surface area contributed by atoms with E-state index in [0.29, 0.717) is 11.6 Å². The summed E-state index contributed by atoms with van der Waals surface area (Å²) in [5, 5.41) is 0. The maximum Gasteiger partial charge on any atom is 0.235 e. The van der Waals surface area contributed by atoms with Crippen molar-refractivity contribution in [2.24, 2.45) is 5.41 Å². The van der Waals surface area contributed by atoms with Crippen LogP contribution in [0.15, 0.2) is 6.07 Å². The minimum absolute atomic E-state index is 0.0903. The molecule has 18 heavy (non-hydrogen) atoms. The molecule has 2 N–H and O–H groups in total. The first kappa shape index (κ1) is 12.5. The summed E-state index contributed by atoms with van der Waals surface area (Å²) in [5.41, 5.74) is 5.70. The van der Waals surface area contributed by atoms with E-state index in [-0.39, 0.29) is 24.8 Å². The molecule has 1 saturated heterocycles. The molecule has 1 aliphatic rings. The van der Waals surface area contributed by atoms with Gasteiger partial charge in [0.25, 0.3) is 0 Å². The zero-order chi connectivity index (χ0) is 13.5. The highest BCUT2D eigenvalue weighted by atomic mass is 16.2. The zero-order valence-corrected chi connectivity index (χ0v) is 10.7. The average molecular weight is 248 g/mol. The second-order valence-electron chi connectivity index (χ2n) is 5.20. The number of nitrogen functional groups attached to an aromatic ring is 1. The molecule has 0 bridgehead atoms. The van der Waals surface area contributed by atoms with Gasteiger partial charge >= 0.3 is 0 Å². The molecule has 2 heterocycles. The van der Waals surface area contributed by atoms with Crippen molar-refractivity contribution in [2.45, 2.75) is 33.7 Å². The number of carbonyl (C=O) groups excluding carboxylic acids is 2. The van der Waals surface area contributed by atoms with Gasteiger partial charge in [-0.15, -0.1) is 0 Å². The van der Waals surface area contributed by atoms with Crippen LogP contribution < -0.4 is 5.73 Å². The molecule has 0 unspecified atom stereocenters. The standard InChI is InChI=1S/C12H16N4O2/c1-7-4-8(13)15-9(14-7)6-16-10(17)5-12(2,3)11(16)18/h4H,5-6H2,1-3H3,(H2,13,14,15). The van der Waals surface area contributed by atoms with Crippen molar-refractivity contribution in [1.29, 1.82) is 0 Å². The van der Waals surface area contributed by atoms with Crippen molar-refractivity contribution in [2.75, 3.05) is 5.73 Å². The number of anilines is 1. The van der Waals surface area contributed by atoms with Crippen LogP contribution in [0.1, 0.15) is 31.8 Å². The third kappa shape index (κ3) is 2.18. The van der Waals surface area contributed by atoms with E-state index in [1.807, 2.05) is 0 Å². The number of nitrogens with zero attached hydrogens (tertiary/aromatic N) is 3. The van der Waals surface area contributed by atoms with Crippen molar-refractivity contribution in [3.63, 3.8) is 0 Å². The van der Waals surface area contributed by atoms with Crippen molar-refractivity contribution in [3.8, 4) is 0 Å². The maximum atomic E-state index is 12.0. The largest absolute Gasteiger partial charge is 0.384 e. The number of carbonyl (C=O) groups is 2. The fraction of sp³-hybridized carbons (Fsp3) is 0.500. The Bertz CT molecular complexity index is 505. The molecule has 0 saturated carbocycles. The molecule has 2 rings (SSSR count). The number of hydrogen-bond donors (Lipinski definition) is 1. The van der Waals surface area contributed by atoms with Crippen LogP contribution in [-0.2, 0) is 16.1 Å². The number of hydrogen-bond acceptors (Lipinski definition) is 5. The Hall–Kier alpha value is -1.98. The third-order valence-electron chi connectivity index (χ3n) is 2.94. The number of aromatic nitrogens is 2. The molecule has 0 aliphatic carbocycles. The van der Waals surface area contributed by atoms with E-state index < -0.39 is 5.41 Å². The topological polar surface area (TPSA) is 89.2 Å². The molecule has 0 radical (unpaired) electrons. The van der Waals surface area contributed by atoms with Crippen LogP contribution in [0.3, 0.4) is 0 Å². The lowest BCUT2D eigenvalue weighted by atomic mass is 9.92. The van der Waals surface area contributed by atoms with E-state index in [1.54, 1.807) is 26.8 Å². The summed E-state index contributed by atoms with van der Waals surface area (Å²) in [5.74, 6) is 0.368. The Morgan fingerprint density at radius 1 is 1.39 bits per heavy atom. The first-order valence-corrected chi connectivity index (χ1v) is 5.74. The highest BCUT2D eigenvalue weighted by molar-refractivity contribution is 6.05. The van der Waals surface area contributed by atoms with Crippen molar-refractivity contribution in [3.05, 3.63) is 17.6 Å². The summed E-state index contributed by atoms with van der Waals surface area (Å²) in [6.07, 6.45) is 0.229. The first-order valence-electron chi connectivity index (χ1n) is 5.74. The normalized spacial score (nSPS) is 18.5. The van der Waals surface area contributed by atoms with Gasteiger partial charge < -0.3 is 5.73 Å². The molecule has 6 nitrogen and oxygen atoms in total. The van der Waals surface area contributed by atoms with Gasteiger partial charge in [-0.25, -0.2) is 9.97 Å². The molecule has 0 atom stereocenters. The predicted molar refractivity (Wildman–Crippen MR) is 65.1 cm³/mol. The number of rotatable bonds is 2. The van der Waals surface area contributed by atoms with Crippen LogP contribution in [-0.4, -0.2) is 26.7 Å². The summed E-state index contributed by atoms with van der Waals surface area (Å²) in [6, 6.07) is 1.64. The molecule has 1 aromatic heterocycles. The molecule has 1 aromatic rings. The van der Waals surface area contributed by atoms with E-state index in [0.717, 1.165) is 5.69 Å². The summed E-state index contributed by atoms with van der Waals surface area (Å²) in [6.45, 7) is 5.41. The van der Waals surface area contributed by atoms with Gasteiger partial charge in [0.15, 0.2) is 5.82 Å². The lowest BCUT2D eigenvalue weighted by molar-refractivity contribution is -0.141. The fourth-order valence-corrected chi connectivity index (χ4v) is 2.06. The summed E-state index contributed by atoms with van der Waals surface area (Å²) in [4.78, 5) is 33.2. The third-order valence-corrected chi connectivity index (χ3v) is 2.94. The van der Waals surface area contributed by atoms with E-state index in [9.17, 15) is 9.59 Å². The number of nitrogens with two attached hydrogens (primary N) is 1. The Morgan fingerprint density at radius 3 is 2.56 bits per heavy atom. The Morgan fingerprint density at radius 2 is 2.06 bits per heavy atom. The molecule has 2 amide bonds. The molecule has 6 heteroatoms. The number of amides is 2. The molecular weight excluding hydrogens is 232 g/mol. The van der Waals surface area contributed by atoms with Gasteiger partial charge in [0, 0.05) is 18.2 Å². The van der Waals surface area contributed by atoms with Gasteiger partial charge in [0.1, 0.15) is 5.82 Å². The SMILES string of the molecule is Cc1cc(N)nc(CN2C(=O)CC(C)(C)C2=O)n1. The Labute approximate surface area is 105 Å². The predicted octanol–water partition coefficient (Wildman–Crippen LogP) is 0.652. The molecule has 1 aliphatic heterocycles. The van der Waals surface area contributed by atoms with Crippen LogP contribution >= 0.6 is 0 Å².